The predicted octanol–water partition coefficient (Wildman–Crippen LogP) is 4.44. The van der Waals surface area contributed by atoms with Crippen molar-refractivity contribution in [1.29, 1.82) is 0 Å². The molecule has 0 atom stereocenters. The van der Waals surface area contributed by atoms with E-state index >= 15 is 0 Å². The summed E-state index contributed by atoms with van der Waals surface area (Å²) in [6.07, 6.45) is 0. The van der Waals surface area contributed by atoms with Gasteiger partial charge in [0.15, 0.2) is 0 Å². The summed E-state index contributed by atoms with van der Waals surface area (Å²) in [7, 11) is 0. The molecule has 0 unspecified atom stereocenters. The molecule has 0 bridgehead atoms. The number of thioether (sulfide) groups is 1. The number of amides is 1. The standard InChI is InChI=1S/C15H17NOS/c1-15(2,3)16-14(17)18-13-9-8-11-6-4-5-7-12(11)10-13/h4-10H,1-3H3,(H,16,17). The Morgan fingerprint density at radius 2 is 1.72 bits per heavy atom. The molecule has 94 valence electrons. The number of rotatable bonds is 1. The lowest BCUT2D eigenvalue weighted by Crippen LogP contribution is -2.38. The third-order valence-corrected chi connectivity index (χ3v) is 3.19. The van der Waals surface area contributed by atoms with Gasteiger partial charge in [0.25, 0.3) is 5.24 Å². The number of carbonyl (C=O) groups excluding carboxylic acids is 1. The summed E-state index contributed by atoms with van der Waals surface area (Å²) in [6, 6.07) is 14.2. The Hall–Kier alpha value is -1.48. The van der Waals surface area contributed by atoms with Crippen LogP contribution in [0.15, 0.2) is 47.4 Å². The van der Waals surface area contributed by atoms with Crippen LogP contribution < -0.4 is 5.32 Å². The van der Waals surface area contributed by atoms with Crippen molar-refractivity contribution in [3.8, 4) is 0 Å². The molecule has 2 aromatic carbocycles. The van der Waals surface area contributed by atoms with Gasteiger partial charge in [0.05, 0.1) is 0 Å². The van der Waals surface area contributed by atoms with Crippen molar-refractivity contribution >= 4 is 27.8 Å². The first-order valence-electron chi connectivity index (χ1n) is 5.93. The van der Waals surface area contributed by atoms with E-state index in [1.807, 2.05) is 51.1 Å². The molecule has 3 heteroatoms. The zero-order chi connectivity index (χ0) is 13.2. The summed E-state index contributed by atoms with van der Waals surface area (Å²) in [5, 5.41) is 5.27. The molecule has 0 saturated heterocycles. The Labute approximate surface area is 112 Å². The normalized spacial score (nSPS) is 11.5. The molecule has 0 spiro atoms. The van der Waals surface area contributed by atoms with E-state index in [1.165, 1.54) is 17.1 Å². The van der Waals surface area contributed by atoms with Crippen LogP contribution in [-0.2, 0) is 0 Å². The number of benzene rings is 2. The van der Waals surface area contributed by atoms with Crippen molar-refractivity contribution < 1.29 is 4.79 Å². The van der Waals surface area contributed by atoms with Crippen LogP contribution in [0.4, 0.5) is 4.79 Å². The van der Waals surface area contributed by atoms with E-state index in [0.717, 1.165) is 10.3 Å². The molecule has 1 amide bonds. The molecule has 1 N–H and O–H groups in total. The zero-order valence-corrected chi connectivity index (χ0v) is 11.7. The van der Waals surface area contributed by atoms with Crippen molar-refractivity contribution in [3.63, 3.8) is 0 Å². The lowest BCUT2D eigenvalue weighted by atomic mass is 10.1. The fourth-order valence-corrected chi connectivity index (χ4v) is 2.56. The Balaban J connectivity index is 2.15. The maximum Gasteiger partial charge on any atom is 0.284 e. The second-order valence-corrected chi connectivity index (χ2v) is 6.32. The SMILES string of the molecule is CC(C)(C)NC(=O)Sc1ccc2ccccc2c1. The Bertz CT molecular complexity index is 572. The summed E-state index contributed by atoms with van der Waals surface area (Å²) in [4.78, 5) is 12.8. The number of fused-ring (bicyclic) bond motifs is 1. The lowest BCUT2D eigenvalue weighted by molar-refractivity contribution is 0.253. The third-order valence-electron chi connectivity index (χ3n) is 2.41. The fourth-order valence-electron chi connectivity index (χ4n) is 1.67. The molecule has 0 aliphatic carbocycles. The summed E-state index contributed by atoms with van der Waals surface area (Å²) in [5.41, 5.74) is -0.194. The van der Waals surface area contributed by atoms with E-state index in [1.54, 1.807) is 0 Å². The van der Waals surface area contributed by atoms with Crippen LogP contribution in [-0.4, -0.2) is 10.8 Å². The average molecular weight is 259 g/mol. The molecular weight excluding hydrogens is 242 g/mol. The van der Waals surface area contributed by atoms with Crippen LogP contribution in [0.5, 0.6) is 0 Å². The molecule has 0 aromatic heterocycles. The summed E-state index contributed by atoms with van der Waals surface area (Å²) in [6.45, 7) is 5.93. The second kappa shape index (κ2) is 5.02. The van der Waals surface area contributed by atoms with Gasteiger partial charge in [0.2, 0.25) is 0 Å². The van der Waals surface area contributed by atoms with Crippen LogP contribution in [0.2, 0.25) is 0 Å². The van der Waals surface area contributed by atoms with Gasteiger partial charge >= 0.3 is 0 Å². The molecule has 18 heavy (non-hydrogen) atoms. The van der Waals surface area contributed by atoms with Crippen molar-refractivity contribution in [1.82, 2.24) is 5.32 Å². The van der Waals surface area contributed by atoms with Gasteiger partial charge in [0, 0.05) is 10.4 Å². The van der Waals surface area contributed by atoms with Crippen LogP contribution in [0.3, 0.4) is 0 Å². The van der Waals surface area contributed by atoms with Crippen LogP contribution in [0, 0.1) is 0 Å². The molecule has 2 rings (SSSR count). The molecule has 2 aromatic rings. The number of hydrogen-bond acceptors (Lipinski definition) is 2. The first-order chi connectivity index (χ1) is 8.44. The minimum Gasteiger partial charge on any atom is -0.342 e. The van der Waals surface area contributed by atoms with Gasteiger partial charge in [-0.05, 0) is 55.4 Å². The predicted molar refractivity (Wildman–Crippen MR) is 78.1 cm³/mol. The van der Waals surface area contributed by atoms with Crippen molar-refractivity contribution in [2.45, 2.75) is 31.2 Å². The highest BCUT2D eigenvalue weighted by Crippen LogP contribution is 2.24. The smallest absolute Gasteiger partial charge is 0.284 e. The van der Waals surface area contributed by atoms with E-state index in [4.69, 9.17) is 0 Å². The highest BCUT2D eigenvalue weighted by molar-refractivity contribution is 8.13. The quantitative estimate of drug-likeness (QED) is 0.767. The van der Waals surface area contributed by atoms with E-state index in [2.05, 4.69) is 17.4 Å². The van der Waals surface area contributed by atoms with E-state index in [0.29, 0.717) is 0 Å². The number of nitrogens with one attached hydrogen (secondary N) is 1. The van der Waals surface area contributed by atoms with Gasteiger partial charge in [0.1, 0.15) is 0 Å². The van der Waals surface area contributed by atoms with Crippen molar-refractivity contribution in [2.75, 3.05) is 0 Å². The average Bonchev–Trinajstić information content (AvgIpc) is 2.26. The van der Waals surface area contributed by atoms with Crippen LogP contribution >= 0.6 is 11.8 Å². The molecule has 0 saturated carbocycles. The van der Waals surface area contributed by atoms with Gasteiger partial charge in [-0.1, -0.05) is 30.3 Å². The van der Waals surface area contributed by atoms with Gasteiger partial charge < -0.3 is 5.32 Å². The van der Waals surface area contributed by atoms with Gasteiger partial charge in [-0.25, -0.2) is 0 Å². The summed E-state index contributed by atoms with van der Waals surface area (Å²) in [5.74, 6) is 0. The molecular formula is C15H17NOS. The summed E-state index contributed by atoms with van der Waals surface area (Å²) < 4.78 is 0. The monoisotopic (exact) mass is 259 g/mol. The third kappa shape index (κ3) is 3.50. The minimum atomic E-state index is -0.194. The Morgan fingerprint density at radius 1 is 1.06 bits per heavy atom. The van der Waals surface area contributed by atoms with Gasteiger partial charge in [-0.3, -0.25) is 4.79 Å². The van der Waals surface area contributed by atoms with E-state index < -0.39 is 0 Å². The summed E-state index contributed by atoms with van der Waals surface area (Å²) >= 11 is 1.24. The first-order valence-corrected chi connectivity index (χ1v) is 6.74. The molecule has 0 radical (unpaired) electrons. The second-order valence-electron chi connectivity index (χ2n) is 5.27. The van der Waals surface area contributed by atoms with E-state index in [9.17, 15) is 4.79 Å². The Morgan fingerprint density at radius 3 is 2.39 bits per heavy atom. The lowest BCUT2D eigenvalue weighted by Gasteiger charge is -2.19. The van der Waals surface area contributed by atoms with Gasteiger partial charge in [-0.15, -0.1) is 0 Å². The molecule has 2 nitrogen and oxygen atoms in total. The molecule has 0 aliphatic heterocycles. The largest absolute Gasteiger partial charge is 0.342 e. The topological polar surface area (TPSA) is 29.1 Å². The van der Waals surface area contributed by atoms with Crippen LogP contribution in [0.25, 0.3) is 10.8 Å². The zero-order valence-electron chi connectivity index (χ0n) is 10.9. The molecule has 0 heterocycles. The molecule has 0 fully saturated rings. The minimum absolute atomic E-state index is 0.0159. The highest BCUT2D eigenvalue weighted by Gasteiger charge is 2.14. The van der Waals surface area contributed by atoms with Gasteiger partial charge in [-0.2, -0.15) is 0 Å². The maximum atomic E-state index is 11.8. The van der Waals surface area contributed by atoms with E-state index in [-0.39, 0.29) is 10.8 Å². The van der Waals surface area contributed by atoms with Crippen molar-refractivity contribution in [2.24, 2.45) is 0 Å². The van der Waals surface area contributed by atoms with Crippen LogP contribution in [0.1, 0.15) is 20.8 Å². The first kappa shape index (κ1) is 13.0. The Kier molecular flexibility index (Phi) is 3.62. The highest BCUT2D eigenvalue weighted by atomic mass is 32.2. The fraction of sp³-hybridized carbons (Fsp3) is 0.267. The number of carbonyl (C=O) groups is 1. The van der Waals surface area contributed by atoms with Crippen molar-refractivity contribution in [3.05, 3.63) is 42.5 Å². The maximum absolute atomic E-state index is 11.8. The number of hydrogen-bond donors (Lipinski definition) is 1. The molecule has 0 aliphatic rings.